The lowest BCUT2D eigenvalue weighted by molar-refractivity contribution is -0.129. The van der Waals surface area contributed by atoms with Crippen LogP contribution < -0.4 is 5.32 Å². The highest BCUT2D eigenvalue weighted by Gasteiger charge is 2.20. The minimum atomic E-state index is -0.955. The molecular weight excluding hydrogens is 306 g/mol. The molecule has 0 aromatic heterocycles. The first-order chi connectivity index (χ1) is 11.4. The Hall–Kier alpha value is -2.82. The molecule has 24 heavy (non-hydrogen) atoms. The molecule has 2 rings (SSSR count). The molecule has 1 amide bonds. The Balaban J connectivity index is 1.90. The number of amides is 1. The molecular formula is C19H21NO4. The second-order valence-electron chi connectivity index (χ2n) is 5.77. The molecule has 0 unspecified atom stereocenters. The Morgan fingerprint density at radius 1 is 1.08 bits per heavy atom. The predicted octanol–water partition coefficient (Wildman–Crippen LogP) is 2.87. The fraction of sp³-hybridized carbons (Fsp3) is 0.263. The number of phenolic OH excluding ortho intramolecular Hbond substituents is 1. The highest BCUT2D eigenvalue weighted by molar-refractivity contribution is 5.94. The van der Waals surface area contributed by atoms with Gasteiger partial charge in [-0.2, -0.15) is 0 Å². The van der Waals surface area contributed by atoms with Gasteiger partial charge < -0.3 is 15.2 Å². The molecule has 0 aliphatic carbocycles. The Morgan fingerprint density at radius 2 is 1.71 bits per heavy atom. The number of carbonyl (C=O) groups excluding carboxylic acids is 2. The zero-order valence-corrected chi connectivity index (χ0v) is 14.0. The number of rotatable bonds is 5. The minimum absolute atomic E-state index is 0.0405. The average Bonchev–Trinajstić information content (AvgIpc) is 2.53. The Bertz CT molecular complexity index is 738. The maximum atomic E-state index is 12.0. The van der Waals surface area contributed by atoms with Crippen LogP contribution in [0.3, 0.4) is 0 Å². The van der Waals surface area contributed by atoms with Crippen molar-refractivity contribution in [2.24, 2.45) is 0 Å². The molecule has 126 valence electrons. The molecule has 5 nitrogen and oxygen atoms in total. The van der Waals surface area contributed by atoms with E-state index >= 15 is 0 Å². The molecule has 0 heterocycles. The van der Waals surface area contributed by atoms with Crippen molar-refractivity contribution in [2.75, 3.05) is 0 Å². The highest BCUT2D eigenvalue weighted by atomic mass is 16.5. The van der Waals surface area contributed by atoms with E-state index in [1.807, 2.05) is 31.2 Å². The zero-order chi connectivity index (χ0) is 17.7. The summed E-state index contributed by atoms with van der Waals surface area (Å²) in [6, 6.07) is 12.4. The molecule has 2 aromatic rings. The quantitative estimate of drug-likeness (QED) is 0.828. The number of aryl methyl sites for hydroxylation is 2. The first kappa shape index (κ1) is 17.5. The first-order valence-electron chi connectivity index (χ1n) is 7.70. The third-order valence-corrected chi connectivity index (χ3v) is 3.61. The van der Waals surface area contributed by atoms with Crippen LogP contribution in [0.5, 0.6) is 5.75 Å². The number of hydrogen-bond donors (Lipinski definition) is 2. The smallest absolute Gasteiger partial charge is 0.342 e. The van der Waals surface area contributed by atoms with Gasteiger partial charge in [0.2, 0.25) is 0 Å². The van der Waals surface area contributed by atoms with Crippen molar-refractivity contribution in [1.29, 1.82) is 0 Å². The number of nitrogens with one attached hydrogen (secondary N) is 1. The van der Waals surface area contributed by atoms with Crippen LogP contribution >= 0.6 is 0 Å². The summed E-state index contributed by atoms with van der Waals surface area (Å²) in [5.74, 6) is -1.28. The Kier molecular flexibility index (Phi) is 5.58. The van der Waals surface area contributed by atoms with Gasteiger partial charge in [-0.05, 0) is 44.0 Å². The van der Waals surface area contributed by atoms with Gasteiger partial charge in [-0.1, -0.05) is 35.9 Å². The van der Waals surface area contributed by atoms with Gasteiger partial charge in [-0.25, -0.2) is 4.79 Å². The van der Waals surface area contributed by atoms with Crippen molar-refractivity contribution in [3.05, 3.63) is 64.7 Å². The van der Waals surface area contributed by atoms with Gasteiger partial charge in [0.05, 0.1) is 0 Å². The molecule has 2 aromatic carbocycles. The fourth-order valence-electron chi connectivity index (χ4n) is 2.13. The van der Waals surface area contributed by atoms with Crippen molar-refractivity contribution in [2.45, 2.75) is 33.4 Å². The van der Waals surface area contributed by atoms with Gasteiger partial charge in [-0.15, -0.1) is 0 Å². The van der Waals surface area contributed by atoms with Crippen molar-refractivity contribution < 1.29 is 19.4 Å². The summed E-state index contributed by atoms with van der Waals surface area (Å²) in [6.07, 6.45) is -0.955. The summed E-state index contributed by atoms with van der Waals surface area (Å²) < 4.78 is 5.12. The van der Waals surface area contributed by atoms with Crippen molar-refractivity contribution >= 4 is 11.9 Å². The number of esters is 1. The number of phenols is 1. The van der Waals surface area contributed by atoms with E-state index in [4.69, 9.17) is 4.74 Å². The molecule has 1 atom stereocenters. The van der Waals surface area contributed by atoms with Crippen LogP contribution in [0.4, 0.5) is 0 Å². The van der Waals surface area contributed by atoms with E-state index in [-0.39, 0.29) is 11.3 Å². The minimum Gasteiger partial charge on any atom is -0.507 e. The predicted molar refractivity (Wildman–Crippen MR) is 90.7 cm³/mol. The van der Waals surface area contributed by atoms with E-state index in [0.717, 1.165) is 16.7 Å². The van der Waals surface area contributed by atoms with Gasteiger partial charge >= 0.3 is 5.97 Å². The molecule has 0 aliphatic heterocycles. The fourth-order valence-corrected chi connectivity index (χ4v) is 2.13. The molecule has 0 fully saturated rings. The molecule has 0 saturated carbocycles. The molecule has 0 aliphatic rings. The van der Waals surface area contributed by atoms with E-state index in [1.165, 1.54) is 19.1 Å². The van der Waals surface area contributed by atoms with Crippen LogP contribution in [-0.4, -0.2) is 23.1 Å². The molecule has 0 saturated heterocycles. The van der Waals surface area contributed by atoms with E-state index in [2.05, 4.69) is 5.32 Å². The normalized spacial score (nSPS) is 11.6. The number of aromatic hydroxyl groups is 1. The monoisotopic (exact) mass is 327 g/mol. The van der Waals surface area contributed by atoms with Gasteiger partial charge in [0.1, 0.15) is 11.3 Å². The van der Waals surface area contributed by atoms with E-state index < -0.39 is 18.0 Å². The number of benzene rings is 2. The summed E-state index contributed by atoms with van der Waals surface area (Å²) in [7, 11) is 0. The standard InChI is InChI=1S/C19H21NO4/c1-12-4-7-15(8-5-12)11-20-18(22)14(3)24-19(23)16-9-6-13(2)10-17(16)21/h4-10,14,21H,11H2,1-3H3,(H,20,22)/t14-/m1/s1. The van der Waals surface area contributed by atoms with Crippen LogP contribution in [-0.2, 0) is 16.1 Å². The van der Waals surface area contributed by atoms with E-state index in [0.29, 0.717) is 6.54 Å². The SMILES string of the molecule is Cc1ccc(CNC(=O)[C@@H](C)OC(=O)c2ccc(C)cc2O)cc1. The Morgan fingerprint density at radius 3 is 2.33 bits per heavy atom. The number of ether oxygens (including phenoxy) is 1. The van der Waals surface area contributed by atoms with Crippen LogP contribution in [0.1, 0.15) is 34.0 Å². The van der Waals surface area contributed by atoms with Gasteiger partial charge in [0.15, 0.2) is 6.10 Å². The Labute approximate surface area is 141 Å². The van der Waals surface area contributed by atoms with E-state index in [1.54, 1.807) is 13.0 Å². The molecule has 5 heteroatoms. The van der Waals surface area contributed by atoms with Crippen LogP contribution in [0.15, 0.2) is 42.5 Å². The summed E-state index contributed by atoms with van der Waals surface area (Å²) in [5.41, 5.74) is 2.97. The van der Waals surface area contributed by atoms with Crippen molar-refractivity contribution in [3.63, 3.8) is 0 Å². The molecule has 2 N–H and O–H groups in total. The summed E-state index contributed by atoms with van der Waals surface area (Å²) in [6.45, 7) is 5.64. The third-order valence-electron chi connectivity index (χ3n) is 3.61. The first-order valence-corrected chi connectivity index (χ1v) is 7.70. The summed E-state index contributed by atoms with van der Waals surface area (Å²) in [5, 5.41) is 12.5. The van der Waals surface area contributed by atoms with Gasteiger partial charge in [-0.3, -0.25) is 4.79 Å². The topological polar surface area (TPSA) is 75.6 Å². The summed E-state index contributed by atoms with van der Waals surface area (Å²) in [4.78, 5) is 24.1. The maximum absolute atomic E-state index is 12.0. The second kappa shape index (κ2) is 7.64. The summed E-state index contributed by atoms with van der Waals surface area (Å²) >= 11 is 0. The zero-order valence-electron chi connectivity index (χ0n) is 14.0. The lowest BCUT2D eigenvalue weighted by Gasteiger charge is -2.14. The third kappa shape index (κ3) is 4.59. The molecule has 0 spiro atoms. The van der Waals surface area contributed by atoms with Gasteiger partial charge in [0.25, 0.3) is 5.91 Å². The van der Waals surface area contributed by atoms with Gasteiger partial charge in [0, 0.05) is 6.54 Å². The maximum Gasteiger partial charge on any atom is 0.342 e. The lowest BCUT2D eigenvalue weighted by Crippen LogP contribution is -2.35. The van der Waals surface area contributed by atoms with Crippen LogP contribution in [0, 0.1) is 13.8 Å². The van der Waals surface area contributed by atoms with Crippen LogP contribution in [0.2, 0.25) is 0 Å². The van der Waals surface area contributed by atoms with Crippen LogP contribution in [0.25, 0.3) is 0 Å². The molecule has 0 radical (unpaired) electrons. The highest BCUT2D eigenvalue weighted by Crippen LogP contribution is 2.19. The number of carbonyl (C=O) groups is 2. The largest absolute Gasteiger partial charge is 0.507 e. The van der Waals surface area contributed by atoms with E-state index in [9.17, 15) is 14.7 Å². The molecule has 0 bridgehead atoms. The van der Waals surface area contributed by atoms with Crippen molar-refractivity contribution in [1.82, 2.24) is 5.32 Å². The van der Waals surface area contributed by atoms with Crippen molar-refractivity contribution in [3.8, 4) is 5.75 Å². The lowest BCUT2D eigenvalue weighted by atomic mass is 10.1. The number of hydrogen-bond acceptors (Lipinski definition) is 4. The average molecular weight is 327 g/mol. The second-order valence-corrected chi connectivity index (χ2v) is 5.77.